The Morgan fingerprint density at radius 2 is 2.26 bits per heavy atom. The van der Waals surface area contributed by atoms with E-state index in [-0.39, 0.29) is 6.10 Å². The number of benzene rings is 1. The molecule has 1 fully saturated rings. The summed E-state index contributed by atoms with van der Waals surface area (Å²) in [4.78, 5) is 4.20. The highest BCUT2D eigenvalue weighted by molar-refractivity contribution is 5.80. The van der Waals surface area contributed by atoms with Crippen molar-refractivity contribution in [1.29, 1.82) is 0 Å². The smallest absolute Gasteiger partial charge is 0.191 e. The third-order valence-corrected chi connectivity index (χ3v) is 3.03. The average Bonchev–Trinajstić information content (AvgIpc) is 3.18. The van der Waals surface area contributed by atoms with E-state index < -0.39 is 0 Å². The summed E-state index contributed by atoms with van der Waals surface area (Å²) < 4.78 is 5.87. The van der Waals surface area contributed by atoms with E-state index in [1.54, 1.807) is 7.05 Å². The number of nitrogens with zero attached hydrogens (tertiary/aromatic N) is 1. The summed E-state index contributed by atoms with van der Waals surface area (Å²) in [6.45, 7) is 4.86. The quantitative estimate of drug-likeness (QED) is 0.630. The normalized spacial score (nSPS) is 16.9. The van der Waals surface area contributed by atoms with Gasteiger partial charge in [0, 0.05) is 13.1 Å². The molecule has 104 valence electrons. The van der Waals surface area contributed by atoms with Crippen LogP contribution in [-0.2, 0) is 0 Å². The molecule has 0 aromatic heterocycles. The van der Waals surface area contributed by atoms with E-state index in [1.165, 1.54) is 18.4 Å². The third kappa shape index (κ3) is 4.81. The Morgan fingerprint density at radius 3 is 2.89 bits per heavy atom. The van der Waals surface area contributed by atoms with Crippen molar-refractivity contribution in [2.45, 2.75) is 38.8 Å². The van der Waals surface area contributed by atoms with E-state index in [1.807, 2.05) is 18.2 Å². The molecule has 2 N–H and O–H groups in total. The lowest BCUT2D eigenvalue weighted by molar-refractivity contribution is 0.223. The highest BCUT2D eigenvalue weighted by Crippen LogP contribution is 2.18. The molecular weight excluding hydrogens is 238 g/mol. The average molecular weight is 261 g/mol. The molecule has 0 saturated heterocycles. The van der Waals surface area contributed by atoms with Crippen LogP contribution in [0.2, 0.25) is 0 Å². The van der Waals surface area contributed by atoms with Crippen molar-refractivity contribution >= 4 is 5.96 Å². The van der Waals surface area contributed by atoms with Gasteiger partial charge in [-0.05, 0) is 44.4 Å². The third-order valence-electron chi connectivity index (χ3n) is 3.03. The van der Waals surface area contributed by atoms with Crippen LogP contribution >= 0.6 is 0 Å². The van der Waals surface area contributed by atoms with Crippen LogP contribution in [0.4, 0.5) is 0 Å². The zero-order valence-electron chi connectivity index (χ0n) is 11.9. The lowest BCUT2D eigenvalue weighted by Gasteiger charge is -2.17. The van der Waals surface area contributed by atoms with Gasteiger partial charge in [0.2, 0.25) is 0 Å². The minimum absolute atomic E-state index is 0.0968. The summed E-state index contributed by atoms with van der Waals surface area (Å²) in [6.07, 6.45) is 2.59. The number of guanidine groups is 1. The Balaban J connectivity index is 1.75. The summed E-state index contributed by atoms with van der Waals surface area (Å²) in [5, 5.41) is 6.64. The van der Waals surface area contributed by atoms with Gasteiger partial charge in [0.15, 0.2) is 5.96 Å². The van der Waals surface area contributed by atoms with Gasteiger partial charge < -0.3 is 15.4 Å². The summed E-state index contributed by atoms with van der Waals surface area (Å²) in [6, 6.07) is 8.73. The number of aryl methyl sites for hydroxylation is 1. The first-order chi connectivity index (χ1) is 9.17. The summed E-state index contributed by atoms with van der Waals surface area (Å²) in [5.41, 5.74) is 1.21. The number of nitrogens with one attached hydrogen (secondary N) is 2. The van der Waals surface area contributed by atoms with Gasteiger partial charge in [-0.15, -0.1) is 0 Å². The van der Waals surface area contributed by atoms with Gasteiger partial charge in [-0.3, -0.25) is 4.99 Å². The van der Waals surface area contributed by atoms with Crippen LogP contribution in [0.3, 0.4) is 0 Å². The van der Waals surface area contributed by atoms with Crippen molar-refractivity contribution in [1.82, 2.24) is 10.6 Å². The fourth-order valence-electron chi connectivity index (χ4n) is 1.82. The molecule has 4 heteroatoms. The van der Waals surface area contributed by atoms with E-state index in [9.17, 15) is 0 Å². The molecule has 0 heterocycles. The fraction of sp³-hybridized carbons (Fsp3) is 0.533. The van der Waals surface area contributed by atoms with Gasteiger partial charge in [0.1, 0.15) is 11.9 Å². The van der Waals surface area contributed by atoms with Crippen LogP contribution in [0, 0.1) is 6.92 Å². The molecule has 0 spiro atoms. The van der Waals surface area contributed by atoms with Crippen molar-refractivity contribution in [3.63, 3.8) is 0 Å². The molecule has 1 unspecified atom stereocenters. The van der Waals surface area contributed by atoms with Gasteiger partial charge in [-0.2, -0.15) is 0 Å². The van der Waals surface area contributed by atoms with Crippen molar-refractivity contribution in [2.24, 2.45) is 4.99 Å². The first-order valence-corrected chi connectivity index (χ1v) is 6.88. The second-order valence-corrected chi connectivity index (χ2v) is 5.12. The zero-order valence-corrected chi connectivity index (χ0v) is 11.9. The minimum atomic E-state index is 0.0968. The summed E-state index contributed by atoms with van der Waals surface area (Å²) in [5.74, 6) is 1.78. The fourth-order valence-corrected chi connectivity index (χ4v) is 1.82. The van der Waals surface area contributed by atoms with Crippen LogP contribution in [0.1, 0.15) is 25.3 Å². The molecule has 1 aromatic rings. The second kappa shape index (κ2) is 6.45. The van der Waals surface area contributed by atoms with Crippen molar-refractivity contribution in [3.8, 4) is 5.75 Å². The standard InChI is InChI=1S/C15H23N3O/c1-11-5-4-6-14(9-11)19-12(2)10-17-15(16-3)18-13-7-8-13/h4-6,9,12-13H,7-8,10H2,1-3H3,(H2,16,17,18). The molecule has 1 aliphatic rings. The topological polar surface area (TPSA) is 45.7 Å². The number of ether oxygens (including phenoxy) is 1. The maximum absolute atomic E-state index is 5.87. The number of hydrogen-bond donors (Lipinski definition) is 2. The Kier molecular flexibility index (Phi) is 4.66. The number of aliphatic imine (C=N–C) groups is 1. The van der Waals surface area contributed by atoms with Crippen LogP contribution in [0.5, 0.6) is 5.75 Å². The molecule has 19 heavy (non-hydrogen) atoms. The molecule has 1 aliphatic carbocycles. The molecule has 1 aromatic carbocycles. The van der Waals surface area contributed by atoms with E-state index in [0.717, 1.165) is 18.3 Å². The van der Waals surface area contributed by atoms with Gasteiger partial charge in [0.05, 0.1) is 6.54 Å². The highest BCUT2D eigenvalue weighted by atomic mass is 16.5. The van der Waals surface area contributed by atoms with Crippen LogP contribution in [0.15, 0.2) is 29.3 Å². The van der Waals surface area contributed by atoms with Crippen LogP contribution < -0.4 is 15.4 Å². The van der Waals surface area contributed by atoms with E-state index in [2.05, 4.69) is 35.5 Å². The number of hydrogen-bond acceptors (Lipinski definition) is 2. The Hall–Kier alpha value is -1.71. The molecule has 1 saturated carbocycles. The molecule has 0 bridgehead atoms. The molecular formula is C15H23N3O. The molecule has 2 rings (SSSR count). The second-order valence-electron chi connectivity index (χ2n) is 5.12. The lowest BCUT2D eigenvalue weighted by atomic mass is 10.2. The zero-order chi connectivity index (χ0) is 13.7. The molecule has 0 aliphatic heterocycles. The first-order valence-electron chi connectivity index (χ1n) is 6.88. The van der Waals surface area contributed by atoms with Gasteiger partial charge in [0.25, 0.3) is 0 Å². The van der Waals surface area contributed by atoms with Crippen molar-refractivity contribution in [3.05, 3.63) is 29.8 Å². The van der Waals surface area contributed by atoms with Crippen molar-refractivity contribution in [2.75, 3.05) is 13.6 Å². The first kappa shape index (κ1) is 13.7. The van der Waals surface area contributed by atoms with E-state index in [0.29, 0.717) is 6.04 Å². The van der Waals surface area contributed by atoms with Gasteiger partial charge >= 0.3 is 0 Å². The monoisotopic (exact) mass is 261 g/mol. The van der Waals surface area contributed by atoms with Crippen LogP contribution in [-0.4, -0.2) is 31.7 Å². The van der Waals surface area contributed by atoms with E-state index >= 15 is 0 Å². The summed E-state index contributed by atoms with van der Waals surface area (Å²) in [7, 11) is 1.80. The number of rotatable bonds is 5. The molecule has 0 radical (unpaired) electrons. The van der Waals surface area contributed by atoms with E-state index in [4.69, 9.17) is 4.74 Å². The predicted molar refractivity (Wildman–Crippen MR) is 78.8 cm³/mol. The minimum Gasteiger partial charge on any atom is -0.489 e. The molecule has 1 atom stereocenters. The Labute approximate surface area is 115 Å². The molecule has 0 amide bonds. The largest absolute Gasteiger partial charge is 0.489 e. The van der Waals surface area contributed by atoms with Gasteiger partial charge in [-0.25, -0.2) is 0 Å². The van der Waals surface area contributed by atoms with Crippen LogP contribution in [0.25, 0.3) is 0 Å². The maximum Gasteiger partial charge on any atom is 0.191 e. The Morgan fingerprint density at radius 1 is 1.47 bits per heavy atom. The predicted octanol–water partition coefficient (Wildman–Crippen LogP) is 2.09. The lowest BCUT2D eigenvalue weighted by Crippen LogP contribution is -2.42. The maximum atomic E-state index is 5.87. The SMILES string of the molecule is CN=C(NCC(C)Oc1cccc(C)c1)NC1CC1. The molecule has 4 nitrogen and oxygen atoms in total. The van der Waals surface area contributed by atoms with Gasteiger partial charge in [-0.1, -0.05) is 12.1 Å². The summed E-state index contributed by atoms with van der Waals surface area (Å²) >= 11 is 0. The Bertz CT molecular complexity index is 441. The highest BCUT2D eigenvalue weighted by Gasteiger charge is 2.22. The van der Waals surface area contributed by atoms with Crippen molar-refractivity contribution < 1.29 is 4.74 Å².